The molecule has 2 heterocycles. The number of rotatable bonds is 4. The lowest BCUT2D eigenvalue weighted by molar-refractivity contribution is 0.224. The molecule has 0 bridgehead atoms. The van der Waals surface area contributed by atoms with Crippen LogP contribution in [0.4, 0.5) is 4.39 Å². The summed E-state index contributed by atoms with van der Waals surface area (Å²) in [6, 6.07) is 6.54. The maximum atomic E-state index is 13.1. The lowest BCUT2D eigenvalue weighted by Crippen LogP contribution is -2.29. The summed E-state index contributed by atoms with van der Waals surface area (Å²) in [7, 11) is 0. The van der Waals surface area contributed by atoms with E-state index in [1.165, 1.54) is 12.1 Å². The third kappa shape index (κ3) is 2.76. The molecule has 0 saturated carbocycles. The Morgan fingerprint density at radius 1 is 1.42 bits per heavy atom. The van der Waals surface area contributed by atoms with Crippen molar-refractivity contribution >= 4 is 0 Å². The second-order valence-corrected chi connectivity index (χ2v) is 4.76. The number of aryl methyl sites for hydroxylation is 1. The average Bonchev–Trinajstić information content (AvgIpc) is 2.95. The van der Waals surface area contributed by atoms with E-state index in [1.54, 1.807) is 6.07 Å². The van der Waals surface area contributed by atoms with Crippen LogP contribution < -0.4 is 10.1 Å². The van der Waals surface area contributed by atoms with Gasteiger partial charge < -0.3 is 14.6 Å². The largest absolute Gasteiger partial charge is 0.488 e. The molecule has 3 rings (SSSR count). The van der Waals surface area contributed by atoms with Crippen molar-refractivity contribution in [3.63, 3.8) is 0 Å². The van der Waals surface area contributed by atoms with Gasteiger partial charge in [0.1, 0.15) is 17.7 Å². The monoisotopic (exact) mass is 262 g/mol. The van der Waals surface area contributed by atoms with E-state index in [0.29, 0.717) is 13.1 Å². The molecule has 0 fully saturated rings. The first-order chi connectivity index (χ1) is 9.20. The molecule has 5 heteroatoms. The van der Waals surface area contributed by atoms with Crippen molar-refractivity contribution in [1.82, 2.24) is 10.5 Å². The van der Waals surface area contributed by atoms with Crippen molar-refractivity contribution in [2.24, 2.45) is 0 Å². The molecule has 1 aromatic heterocycles. The Kier molecular flexibility index (Phi) is 3.21. The number of aromatic nitrogens is 1. The van der Waals surface area contributed by atoms with E-state index in [-0.39, 0.29) is 11.9 Å². The number of benzene rings is 1. The van der Waals surface area contributed by atoms with Crippen LogP contribution in [0.25, 0.3) is 0 Å². The minimum atomic E-state index is -0.215. The highest BCUT2D eigenvalue weighted by atomic mass is 19.1. The fraction of sp³-hybridized carbons (Fsp3) is 0.357. The molecule has 0 aliphatic carbocycles. The second kappa shape index (κ2) is 5.01. The Labute approximate surface area is 110 Å². The zero-order valence-electron chi connectivity index (χ0n) is 10.6. The lowest BCUT2D eigenvalue weighted by atomic mass is 10.1. The van der Waals surface area contributed by atoms with E-state index in [9.17, 15) is 4.39 Å². The third-order valence-corrected chi connectivity index (χ3v) is 3.11. The normalized spacial score (nSPS) is 17.3. The Morgan fingerprint density at radius 3 is 3.11 bits per heavy atom. The van der Waals surface area contributed by atoms with Crippen LogP contribution in [-0.2, 0) is 13.0 Å². The Hall–Kier alpha value is -1.88. The third-order valence-electron chi connectivity index (χ3n) is 3.11. The molecule has 4 nitrogen and oxygen atoms in total. The second-order valence-electron chi connectivity index (χ2n) is 4.76. The molecule has 1 aliphatic heterocycles. The molecule has 100 valence electrons. The molecule has 0 radical (unpaired) electrons. The summed E-state index contributed by atoms with van der Waals surface area (Å²) in [6.45, 7) is 3.19. The predicted molar refractivity (Wildman–Crippen MR) is 67.5 cm³/mol. The van der Waals surface area contributed by atoms with Crippen LogP contribution in [0.2, 0.25) is 0 Å². The van der Waals surface area contributed by atoms with Crippen molar-refractivity contribution in [2.45, 2.75) is 26.0 Å². The van der Waals surface area contributed by atoms with E-state index in [1.807, 2.05) is 13.0 Å². The average molecular weight is 262 g/mol. The Bertz CT molecular complexity index is 583. The van der Waals surface area contributed by atoms with Crippen LogP contribution >= 0.6 is 0 Å². The number of nitrogens with one attached hydrogen (secondary N) is 1. The molecule has 19 heavy (non-hydrogen) atoms. The molecule has 1 aromatic carbocycles. The van der Waals surface area contributed by atoms with Crippen LogP contribution in [0, 0.1) is 12.7 Å². The zero-order valence-corrected chi connectivity index (χ0v) is 10.6. The topological polar surface area (TPSA) is 47.3 Å². The molecule has 0 spiro atoms. The summed E-state index contributed by atoms with van der Waals surface area (Å²) in [4.78, 5) is 0. The van der Waals surface area contributed by atoms with Gasteiger partial charge >= 0.3 is 0 Å². The first-order valence-electron chi connectivity index (χ1n) is 6.29. The minimum absolute atomic E-state index is 0.0424. The standard InChI is InChI=1S/C14H15FN2O2/c1-9-4-13(19-17-9)8-16-7-12-6-10-5-11(15)2-3-14(10)18-12/h2-5,12,16H,6-8H2,1H3. The van der Waals surface area contributed by atoms with Crippen molar-refractivity contribution in [3.8, 4) is 5.75 Å². The van der Waals surface area contributed by atoms with Gasteiger partial charge in [0.25, 0.3) is 0 Å². The van der Waals surface area contributed by atoms with Crippen LogP contribution in [0.1, 0.15) is 17.0 Å². The van der Waals surface area contributed by atoms with Gasteiger partial charge in [0.05, 0.1) is 12.2 Å². The van der Waals surface area contributed by atoms with Crippen molar-refractivity contribution in [1.29, 1.82) is 0 Å². The van der Waals surface area contributed by atoms with Crippen molar-refractivity contribution in [2.75, 3.05) is 6.54 Å². The van der Waals surface area contributed by atoms with E-state index >= 15 is 0 Å². The first-order valence-corrected chi connectivity index (χ1v) is 6.29. The van der Waals surface area contributed by atoms with Gasteiger partial charge in [-0.2, -0.15) is 0 Å². The molecule has 1 aliphatic rings. The van der Waals surface area contributed by atoms with E-state index < -0.39 is 0 Å². The van der Waals surface area contributed by atoms with E-state index in [4.69, 9.17) is 9.26 Å². The molecule has 0 amide bonds. The molecule has 1 N–H and O–H groups in total. The van der Waals surface area contributed by atoms with Gasteiger partial charge in [-0.1, -0.05) is 5.16 Å². The van der Waals surface area contributed by atoms with Gasteiger partial charge in [0.15, 0.2) is 5.76 Å². The first kappa shape index (κ1) is 12.2. The molecular formula is C14H15FN2O2. The predicted octanol–water partition coefficient (Wildman–Crippen LogP) is 2.22. The van der Waals surface area contributed by atoms with Crippen molar-refractivity contribution < 1.29 is 13.7 Å². The van der Waals surface area contributed by atoms with E-state index in [0.717, 1.165) is 29.2 Å². The summed E-state index contributed by atoms with van der Waals surface area (Å²) in [5.74, 6) is 1.37. The number of nitrogens with zero attached hydrogens (tertiary/aromatic N) is 1. The van der Waals surface area contributed by atoms with Gasteiger partial charge in [-0.05, 0) is 25.1 Å². The van der Waals surface area contributed by atoms with Gasteiger partial charge in [-0.3, -0.25) is 0 Å². The zero-order chi connectivity index (χ0) is 13.2. The summed E-state index contributed by atoms with van der Waals surface area (Å²) in [6.07, 6.45) is 0.774. The summed E-state index contributed by atoms with van der Waals surface area (Å²) in [5.41, 5.74) is 1.80. The van der Waals surface area contributed by atoms with Crippen LogP contribution in [0.15, 0.2) is 28.8 Å². The molecule has 1 unspecified atom stereocenters. The SMILES string of the molecule is Cc1cc(CNCC2Cc3cc(F)ccc3O2)on1. The Balaban J connectivity index is 1.51. The number of hydrogen-bond acceptors (Lipinski definition) is 4. The quantitative estimate of drug-likeness (QED) is 0.917. The highest BCUT2D eigenvalue weighted by Crippen LogP contribution is 2.28. The maximum Gasteiger partial charge on any atom is 0.150 e. The number of fused-ring (bicyclic) bond motifs is 1. The van der Waals surface area contributed by atoms with Crippen LogP contribution in [0.3, 0.4) is 0 Å². The summed E-state index contributed by atoms with van der Waals surface area (Å²) < 4.78 is 23.9. The molecule has 1 atom stereocenters. The van der Waals surface area contributed by atoms with Crippen LogP contribution in [0.5, 0.6) is 5.75 Å². The Morgan fingerprint density at radius 2 is 2.32 bits per heavy atom. The smallest absolute Gasteiger partial charge is 0.150 e. The van der Waals surface area contributed by atoms with Gasteiger partial charge in [0, 0.05) is 24.6 Å². The van der Waals surface area contributed by atoms with Crippen molar-refractivity contribution in [3.05, 3.63) is 47.1 Å². The van der Waals surface area contributed by atoms with Gasteiger partial charge in [-0.15, -0.1) is 0 Å². The highest BCUT2D eigenvalue weighted by molar-refractivity contribution is 5.37. The summed E-state index contributed by atoms with van der Waals surface area (Å²) >= 11 is 0. The van der Waals surface area contributed by atoms with Gasteiger partial charge in [-0.25, -0.2) is 4.39 Å². The van der Waals surface area contributed by atoms with Crippen LogP contribution in [-0.4, -0.2) is 17.8 Å². The molecule has 0 saturated heterocycles. The van der Waals surface area contributed by atoms with E-state index in [2.05, 4.69) is 10.5 Å². The number of ether oxygens (including phenoxy) is 1. The number of halogens is 1. The molecular weight excluding hydrogens is 247 g/mol. The fourth-order valence-corrected chi connectivity index (χ4v) is 2.26. The minimum Gasteiger partial charge on any atom is -0.488 e. The molecule has 2 aromatic rings. The number of hydrogen-bond donors (Lipinski definition) is 1. The highest BCUT2D eigenvalue weighted by Gasteiger charge is 2.22. The fourth-order valence-electron chi connectivity index (χ4n) is 2.26. The summed E-state index contributed by atoms with van der Waals surface area (Å²) in [5, 5.41) is 7.08. The van der Waals surface area contributed by atoms with Gasteiger partial charge in [0.2, 0.25) is 0 Å². The maximum absolute atomic E-state index is 13.1. The lowest BCUT2D eigenvalue weighted by Gasteiger charge is -2.10.